The molecule has 0 unspecified atom stereocenters. The van der Waals surface area contributed by atoms with E-state index in [2.05, 4.69) is 4.74 Å². The topological polar surface area (TPSA) is 44.5 Å². The molecule has 0 radical (unpaired) electrons. The first-order chi connectivity index (χ1) is 8.73. The lowest BCUT2D eigenvalue weighted by molar-refractivity contribution is -0.274. The van der Waals surface area contributed by atoms with E-state index in [1.165, 1.54) is 25.3 Å². The smallest absolute Gasteiger partial charge is 0.496 e. The standard InChI is InChI=1S/C13H18F3NO2/c1-8(2)6-11(17)10-5-4-9(7-12(10)18-3)19-13(14,15)16/h4-5,7-8,11H,6,17H2,1-3H3/t11-/m1/s1. The van der Waals surface area contributed by atoms with Crippen molar-refractivity contribution in [2.24, 2.45) is 11.7 Å². The molecule has 0 aliphatic rings. The molecule has 0 spiro atoms. The van der Waals surface area contributed by atoms with Crippen LogP contribution in [0.3, 0.4) is 0 Å². The van der Waals surface area contributed by atoms with Gasteiger partial charge in [0.15, 0.2) is 0 Å². The fourth-order valence-electron chi connectivity index (χ4n) is 1.83. The van der Waals surface area contributed by atoms with E-state index in [9.17, 15) is 13.2 Å². The van der Waals surface area contributed by atoms with Gasteiger partial charge in [0.2, 0.25) is 0 Å². The highest BCUT2D eigenvalue weighted by molar-refractivity contribution is 5.42. The van der Waals surface area contributed by atoms with Gasteiger partial charge in [-0.25, -0.2) is 0 Å². The molecule has 0 aliphatic carbocycles. The highest BCUT2D eigenvalue weighted by Gasteiger charge is 2.31. The van der Waals surface area contributed by atoms with Crippen LogP contribution in [0.15, 0.2) is 18.2 Å². The molecule has 0 saturated carbocycles. The number of hydrogen-bond donors (Lipinski definition) is 1. The fraction of sp³-hybridized carbons (Fsp3) is 0.538. The Hall–Kier alpha value is -1.43. The van der Waals surface area contributed by atoms with Crippen LogP contribution in [0.1, 0.15) is 31.9 Å². The van der Waals surface area contributed by atoms with Crippen LogP contribution in [-0.4, -0.2) is 13.5 Å². The van der Waals surface area contributed by atoms with Gasteiger partial charge in [-0.05, 0) is 18.4 Å². The molecule has 1 aromatic rings. The van der Waals surface area contributed by atoms with Crippen LogP contribution in [-0.2, 0) is 0 Å². The van der Waals surface area contributed by atoms with Crippen LogP contribution >= 0.6 is 0 Å². The van der Waals surface area contributed by atoms with Gasteiger partial charge in [0, 0.05) is 17.7 Å². The van der Waals surface area contributed by atoms with Crippen molar-refractivity contribution in [2.45, 2.75) is 32.7 Å². The quantitative estimate of drug-likeness (QED) is 0.893. The zero-order chi connectivity index (χ0) is 14.6. The van der Waals surface area contributed by atoms with E-state index in [1.54, 1.807) is 0 Å². The first-order valence-electron chi connectivity index (χ1n) is 5.92. The summed E-state index contributed by atoms with van der Waals surface area (Å²) in [5, 5.41) is 0. The van der Waals surface area contributed by atoms with Crippen molar-refractivity contribution in [1.82, 2.24) is 0 Å². The minimum Gasteiger partial charge on any atom is -0.496 e. The van der Waals surface area contributed by atoms with Crippen LogP contribution < -0.4 is 15.2 Å². The van der Waals surface area contributed by atoms with Gasteiger partial charge >= 0.3 is 6.36 Å². The number of halogens is 3. The van der Waals surface area contributed by atoms with Gasteiger partial charge in [0.25, 0.3) is 0 Å². The van der Waals surface area contributed by atoms with Crippen molar-refractivity contribution >= 4 is 0 Å². The lowest BCUT2D eigenvalue weighted by Crippen LogP contribution is -2.18. The molecule has 19 heavy (non-hydrogen) atoms. The zero-order valence-electron chi connectivity index (χ0n) is 11.1. The Morgan fingerprint density at radius 2 is 1.89 bits per heavy atom. The van der Waals surface area contributed by atoms with E-state index in [1.807, 2.05) is 13.8 Å². The van der Waals surface area contributed by atoms with E-state index < -0.39 is 6.36 Å². The summed E-state index contributed by atoms with van der Waals surface area (Å²) in [4.78, 5) is 0. The molecule has 0 fully saturated rings. The van der Waals surface area contributed by atoms with Gasteiger partial charge < -0.3 is 15.2 Å². The van der Waals surface area contributed by atoms with Gasteiger partial charge in [-0.1, -0.05) is 19.9 Å². The molecule has 6 heteroatoms. The van der Waals surface area contributed by atoms with Gasteiger partial charge in [0.1, 0.15) is 11.5 Å². The summed E-state index contributed by atoms with van der Waals surface area (Å²) in [6, 6.07) is 3.66. The molecule has 108 valence electrons. The van der Waals surface area contributed by atoms with E-state index in [0.29, 0.717) is 17.2 Å². The average Bonchev–Trinajstić information content (AvgIpc) is 2.25. The molecular weight excluding hydrogens is 259 g/mol. The number of rotatable bonds is 5. The Morgan fingerprint density at radius 1 is 1.26 bits per heavy atom. The zero-order valence-corrected chi connectivity index (χ0v) is 11.1. The number of alkyl halides is 3. The van der Waals surface area contributed by atoms with Crippen LogP contribution in [0.2, 0.25) is 0 Å². The predicted octanol–water partition coefficient (Wildman–Crippen LogP) is 3.64. The summed E-state index contributed by atoms with van der Waals surface area (Å²) in [7, 11) is 1.39. The number of methoxy groups -OCH3 is 1. The van der Waals surface area contributed by atoms with Crippen LogP contribution in [0.4, 0.5) is 13.2 Å². The lowest BCUT2D eigenvalue weighted by Gasteiger charge is -2.18. The first kappa shape index (κ1) is 15.6. The maximum atomic E-state index is 12.1. The molecule has 0 aliphatic heterocycles. The van der Waals surface area contributed by atoms with Crippen molar-refractivity contribution in [3.63, 3.8) is 0 Å². The number of ether oxygens (including phenoxy) is 2. The van der Waals surface area contributed by atoms with Gasteiger partial charge in [-0.2, -0.15) is 0 Å². The molecule has 1 rings (SSSR count). The van der Waals surface area contributed by atoms with Gasteiger partial charge in [-0.15, -0.1) is 13.2 Å². The summed E-state index contributed by atoms with van der Waals surface area (Å²) in [6.45, 7) is 4.04. The lowest BCUT2D eigenvalue weighted by atomic mass is 9.97. The maximum absolute atomic E-state index is 12.1. The monoisotopic (exact) mass is 277 g/mol. The second-order valence-corrected chi connectivity index (χ2v) is 4.69. The maximum Gasteiger partial charge on any atom is 0.573 e. The highest BCUT2D eigenvalue weighted by atomic mass is 19.4. The van der Waals surface area contributed by atoms with Gasteiger partial charge in [-0.3, -0.25) is 0 Å². The van der Waals surface area contributed by atoms with Crippen molar-refractivity contribution in [1.29, 1.82) is 0 Å². The van der Waals surface area contributed by atoms with Crippen LogP contribution in [0.5, 0.6) is 11.5 Å². The minimum atomic E-state index is -4.72. The highest BCUT2D eigenvalue weighted by Crippen LogP contribution is 2.33. The van der Waals surface area contributed by atoms with E-state index in [4.69, 9.17) is 10.5 Å². The molecule has 0 bridgehead atoms. The minimum absolute atomic E-state index is 0.283. The molecule has 0 amide bonds. The largest absolute Gasteiger partial charge is 0.573 e. The number of benzene rings is 1. The fourth-order valence-corrected chi connectivity index (χ4v) is 1.83. The molecule has 2 N–H and O–H groups in total. The van der Waals surface area contributed by atoms with E-state index in [0.717, 1.165) is 6.42 Å². The van der Waals surface area contributed by atoms with Crippen molar-refractivity contribution in [2.75, 3.05) is 7.11 Å². The SMILES string of the molecule is COc1cc(OC(F)(F)F)ccc1[C@H](N)CC(C)C. The van der Waals surface area contributed by atoms with Crippen molar-refractivity contribution < 1.29 is 22.6 Å². The second kappa shape index (κ2) is 6.14. The van der Waals surface area contributed by atoms with Crippen molar-refractivity contribution in [3.8, 4) is 11.5 Å². The summed E-state index contributed by atoms with van der Waals surface area (Å²) in [5.74, 6) is 0.366. The Balaban J connectivity index is 2.96. The van der Waals surface area contributed by atoms with Crippen LogP contribution in [0, 0.1) is 5.92 Å². The Bertz CT molecular complexity index is 419. The normalized spacial score (nSPS) is 13.5. The summed E-state index contributed by atoms with van der Waals surface area (Å²) in [5.41, 5.74) is 6.68. The Labute approximate surface area is 110 Å². The van der Waals surface area contributed by atoms with Crippen LogP contribution in [0.25, 0.3) is 0 Å². The predicted molar refractivity (Wildman–Crippen MR) is 66.1 cm³/mol. The summed E-state index contributed by atoms with van der Waals surface area (Å²) >= 11 is 0. The van der Waals surface area contributed by atoms with Crippen molar-refractivity contribution in [3.05, 3.63) is 23.8 Å². The third-order valence-electron chi connectivity index (χ3n) is 2.56. The third kappa shape index (κ3) is 4.98. The molecule has 0 saturated heterocycles. The third-order valence-corrected chi connectivity index (χ3v) is 2.56. The first-order valence-corrected chi connectivity index (χ1v) is 5.92. The Kier molecular flexibility index (Phi) is 5.05. The van der Waals surface area contributed by atoms with E-state index in [-0.39, 0.29) is 11.8 Å². The average molecular weight is 277 g/mol. The number of nitrogens with two attached hydrogens (primary N) is 1. The Morgan fingerprint density at radius 3 is 2.37 bits per heavy atom. The summed E-state index contributed by atoms with van der Waals surface area (Å²) < 4.78 is 45.3. The number of hydrogen-bond acceptors (Lipinski definition) is 3. The van der Waals surface area contributed by atoms with E-state index >= 15 is 0 Å². The molecule has 3 nitrogen and oxygen atoms in total. The summed E-state index contributed by atoms with van der Waals surface area (Å²) in [6.07, 6.45) is -4.00. The second-order valence-electron chi connectivity index (χ2n) is 4.69. The molecule has 1 atom stereocenters. The molecule has 0 aromatic heterocycles. The van der Waals surface area contributed by atoms with Gasteiger partial charge in [0.05, 0.1) is 7.11 Å². The molecule has 1 aromatic carbocycles. The molecule has 0 heterocycles. The molecular formula is C13H18F3NO2.